The molecule has 2 aliphatic rings. The van der Waals surface area contributed by atoms with Gasteiger partial charge in [-0.25, -0.2) is 0 Å². The zero-order valence-electron chi connectivity index (χ0n) is 10.3. The van der Waals surface area contributed by atoms with Crippen molar-refractivity contribution in [2.24, 2.45) is 17.6 Å². The normalized spacial score (nSPS) is 24.6. The lowest BCUT2D eigenvalue weighted by Gasteiger charge is -2.30. The summed E-state index contributed by atoms with van der Waals surface area (Å²) in [5.74, 6) is 1.63. The number of nitrogens with one attached hydrogen (secondary N) is 1. The van der Waals surface area contributed by atoms with Crippen molar-refractivity contribution >= 4 is 5.91 Å². The largest absolute Gasteiger partial charge is 0.349 e. The van der Waals surface area contributed by atoms with Gasteiger partial charge in [0.15, 0.2) is 0 Å². The molecule has 2 rings (SSSR count). The van der Waals surface area contributed by atoms with Crippen LogP contribution in [0.25, 0.3) is 0 Å². The van der Waals surface area contributed by atoms with Crippen LogP contribution in [0.1, 0.15) is 51.9 Å². The molecule has 2 aliphatic carbocycles. The molecule has 0 spiro atoms. The summed E-state index contributed by atoms with van der Waals surface area (Å²) in [4.78, 5) is 11.8. The Morgan fingerprint density at radius 1 is 1.38 bits per heavy atom. The van der Waals surface area contributed by atoms with E-state index < -0.39 is 0 Å². The van der Waals surface area contributed by atoms with E-state index in [0.717, 1.165) is 12.3 Å². The highest BCUT2D eigenvalue weighted by atomic mass is 16.1. The summed E-state index contributed by atoms with van der Waals surface area (Å²) in [7, 11) is 0. The van der Waals surface area contributed by atoms with Gasteiger partial charge in [0.1, 0.15) is 0 Å². The molecule has 3 N–H and O–H groups in total. The van der Waals surface area contributed by atoms with Crippen molar-refractivity contribution in [2.75, 3.05) is 6.54 Å². The standard InChI is InChI=1S/C13H24N2O/c1-13(9-14,11-6-7-11)15-12(16)8-5-10-3-2-4-10/h10-11H,2-9,14H2,1H3,(H,15,16). The van der Waals surface area contributed by atoms with Gasteiger partial charge in [-0.1, -0.05) is 19.3 Å². The Morgan fingerprint density at radius 2 is 2.06 bits per heavy atom. The summed E-state index contributed by atoms with van der Waals surface area (Å²) in [5.41, 5.74) is 5.63. The third-order valence-electron chi connectivity index (χ3n) is 4.33. The van der Waals surface area contributed by atoms with E-state index >= 15 is 0 Å². The van der Waals surface area contributed by atoms with Gasteiger partial charge in [-0.15, -0.1) is 0 Å². The molecular weight excluding hydrogens is 200 g/mol. The quantitative estimate of drug-likeness (QED) is 0.723. The van der Waals surface area contributed by atoms with Gasteiger partial charge in [0.25, 0.3) is 0 Å². The van der Waals surface area contributed by atoms with E-state index in [1.807, 2.05) is 0 Å². The highest BCUT2D eigenvalue weighted by Gasteiger charge is 2.41. The van der Waals surface area contributed by atoms with Crippen molar-refractivity contribution in [2.45, 2.75) is 57.4 Å². The minimum atomic E-state index is -0.142. The number of rotatable bonds is 6. The van der Waals surface area contributed by atoms with Gasteiger partial charge in [0.05, 0.1) is 5.54 Å². The number of amides is 1. The minimum Gasteiger partial charge on any atom is -0.349 e. The highest BCUT2D eigenvalue weighted by Crippen LogP contribution is 2.39. The van der Waals surface area contributed by atoms with Gasteiger partial charge in [0, 0.05) is 13.0 Å². The number of carbonyl (C=O) groups is 1. The highest BCUT2D eigenvalue weighted by molar-refractivity contribution is 5.76. The van der Waals surface area contributed by atoms with Gasteiger partial charge in [0.2, 0.25) is 5.91 Å². The molecule has 92 valence electrons. The van der Waals surface area contributed by atoms with Crippen LogP contribution in [0.15, 0.2) is 0 Å². The third-order valence-corrected chi connectivity index (χ3v) is 4.33. The van der Waals surface area contributed by atoms with Crippen molar-refractivity contribution < 1.29 is 4.79 Å². The SMILES string of the molecule is CC(CN)(NC(=O)CCC1CCC1)C1CC1. The topological polar surface area (TPSA) is 55.1 Å². The van der Waals surface area contributed by atoms with Crippen LogP contribution in [-0.2, 0) is 4.79 Å². The molecule has 3 heteroatoms. The Kier molecular flexibility index (Phi) is 3.53. The van der Waals surface area contributed by atoms with Gasteiger partial charge in [-0.05, 0) is 38.0 Å². The Bertz CT molecular complexity index is 259. The van der Waals surface area contributed by atoms with Crippen molar-refractivity contribution in [3.05, 3.63) is 0 Å². The Hall–Kier alpha value is -0.570. The second-order valence-corrected chi connectivity index (χ2v) is 5.78. The monoisotopic (exact) mass is 224 g/mol. The van der Waals surface area contributed by atoms with Crippen LogP contribution in [0.5, 0.6) is 0 Å². The van der Waals surface area contributed by atoms with Crippen molar-refractivity contribution in [1.82, 2.24) is 5.32 Å². The summed E-state index contributed by atoms with van der Waals surface area (Å²) in [6, 6.07) is 0. The molecule has 16 heavy (non-hydrogen) atoms. The molecule has 0 aliphatic heterocycles. The number of hydrogen-bond acceptors (Lipinski definition) is 2. The van der Waals surface area contributed by atoms with Crippen LogP contribution in [0.4, 0.5) is 0 Å². The average molecular weight is 224 g/mol. The molecule has 0 heterocycles. The predicted molar refractivity (Wildman–Crippen MR) is 64.9 cm³/mol. The molecule has 0 bridgehead atoms. The predicted octanol–water partition coefficient (Wildman–Crippen LogP) is 1.81. The summed E-state index contributed by atoms with van der Waals surface area (Å²) in [6.07, 6.45) is 8.19. The molecule has 0 radical (unpaired) electrons. The molecule has 0 aromatic carbocycles. The van der Waals surface area contributed by atoms with E-state index in [-0.39, 0.29) is 11.4 Å². The first kappa shape index (κ1) is 11.9. The zero-order chi connectivity index (χ0) is 11.6. The van der Waals surface area contributed by atoms with Crippen LogP contribution in [0.3, 0.4) is 0 Å². The molecule has 1 atom stereocenters. The second kappa shape index (κ2) is 4.74. The fourth-order valence-corrected chi connectivity index (χ4v) is 2.54. The van der Waals surface area contributed by atoms with Gasteiger partial charge in [-0.2, -0.15) is 0 Å². The third kappa shape index (κ3) is 2.76. The number of nitrogens with two attached hydrogens (primary N) is 1. The van der Waals surface area contributed by atoms with E-state index in [2.05, 4.69) is 12.2 Å². The minimum absolute atomic E-state index is 0.142. The molecule has 1 unspecified atom stereocenters. The average Bonchev–Trinajstić information content (AvgIpc) is 2.98. The lowest BCUT2D eigenvalue weighted by Crippen LogP contribution is -2.53. The zero-order valence-corrected chi connectivity index (χ0v) is 10.3. The first-order valence-corrected chi connectivity index (χ1v) is 6.65. The van der Waals surface area contributed by atoms with Crippen molar-refractivity contribution in [3.8, 4) is 0 Å². The van der Waals surface area contributed by atoms with Gasteiger partial charge in [-0.3, -0.25) is 4.79 Å². The Labute approximate surface area is 98.2 Å². The Morgan fingerprint density at radius 3 is 2.50 bits per heavy atom. The molecule has 3 nitrogen and oxygen atoms in total. The Balaban J connectivity index is 1.71. The van der Waals surface area contributed by atoms with E-state index in [1.165, 1.54) is 32.1 Å². The maximum atomic E-state index is 11.8. The van der Waals surface area contributed by atoms with Crippen LogP contribution in [0, 0.1) is 11.8 Å². The molecule has 0 aromatic heterocycles. The van der Waals surface area contributed by atoms with E-state index in [1.54, 1.807) is 0 Å². The molecule has 2 saturated carbocycles. The maximum Gasteiger partial charge on any atom is 0.220 e. The first-order valence-electron chi connectivity index (χ1n) is 6.65. The maximum absolute atomic E-state index is 11.8. The molecule has 0 saturated heterocycles. The summed E-state index contributed by atoms with van der Waals surface area (Å²) >= 11 is 0. The molecule has 2 fully saturated rings. The van der Waals surface area contributed by atoms with Crippen LogP contribution < -0.4 is 11.1 Å². The number of carbonyl (C=O) groups excluding carboxylic acids is 1. The molecule has 0 aromatic rings. The van der Waals surface area contributed by atoms with E-state index in [9.17, 15) is 4.79 Å². The van der Waals surface area contributed by atoms with Gasteiger partial charge < -0.3 is 11.1 Å². The van der Waals surface area contributed by atoms with Crippen LogP contribution >= 0.6 is 0 Å². The lowest BCUT2D eigenvalue weighted by atomic mass is 9.82. The van der Waals surface area contributed by atoms with Crippen molar-refractivity contribution in [1.29, 1.82) is 0 Å². The van der Waals surface area contributed by atoms with E-state index in [0.29, 0.717) is 18.9 Å². The van der Waals surface area contributed by atoms with E-state index in [4.69, 9.17) is 5.73 Å². The summed E-state index contributed by atoms with van der Waals surface area (Å²) in [6.45, 7) is 2.65. The van der Waals surface area contributed by atoms with Crippen LogP contribution in [-0.4, -0.2) is 18.0 Å². The summed E-state index contributed by atoms with van der Waals surface area (Å²) in [5, 5.41) is 3.14. The van der Waals surface area contributed by atoms with Crippen LogP contribution in [0.2, 0.25) is 0 Å². The second-order valence-electron chi connectivity index (χ2n) is 5.78. The summed E-state index contributed by atoms with van der Waals surface area (Å²) < 4.78 is 0. The lowest BCUT2D eigenvalue weighted by molar-refractivity contribution is -0.123. The number of hydrogen-bond donors (Lipinski definition) is 2. The molecular formula is C13H24N2O. The fourth-order valence-electron chi connectivity index (χ4n) is 2.54. The van der Waals surface area contributed by atoms with Crippen molar-refractivity contribution in [3.63, 3.8) is 0 Å². The molecule has 1 amide bonds. The fraction of sp³-hybridized carbons (Fsp3) is 0.923. The van der Waals surface area contributed by atoms with Gasteiger partial charge >= 0.3 is 0 Å². The smallest absolute Gasteiger partial charge is 0.220 e. The first-order chi connectivity index (χ1) is 7.64.